The standard InChI is InChI=1S/C19H22N4O4/c1-26-12-17(24)20-15-9-10-23(11-15)19(25)14-5-3-13(4-6-14)16-7-8-18(27-2)22-21-16/h3-8,15H,9-12H2,1-2H3,(H,20,24). The summed E-state index contributed by atoms with van der Waals surface area (Å²) in [5, 5.41) is 10.9. The van der Waals surface area contributed by atoms with Gasteiger partial charge in [-0.2, -0.15) is 0 Å². The number of carbonyl (C=O) groups is 2. The summed E-state index contributed by atoms with van der Waals surface area (Å²) in [7, 11) is 3.02. The molecule has 1 N–H and O–H groups in total. The number of ether oxygens (including phenoxy) is 2. The summed E-state index contributed by atoms with van der Waals surface area (Å²) < 4.78 is 9.81. The topological polar surface area (TPSA) is 93.7 Å². The summed E-state index contributed by atoms with van der Waals surface area (Å²) in [5.41, 5.74) is 2.17. The lowest BCUT2D eigenvalue weighted by Gasteiger charge is -2.17. The van der Waals surface area contributed by atoms with Gasteiger partial charge in [0.2, 0.25) is 11.8 Å². The third kappa shape index (κ3) is 4.59. The van der Waals surface area contributed by atoms with E-state index in [1.807, 2.05) is 18.2 Å². The fraction of sp³-hybridized carbons (Fsp3) is 0.368. The molecule has 1 saturated heterocycles. The van der Waals surface area contributed by atoms with Crippen LogP contribution in [0.2, 0.25) is 0 Å². The zero-order chi connectivity index (χ0) is 19.2. The van der Waals surface area contributed by atoms with Gasteiger partial charge in [0.1, 0.15) is 6.61 Å². The summed E-state index contributed by atoms with van der Waals surface area (Å²) >= 11 is 0. The lowest BCUT2D eigenvalue weighted by atomic mass is 10.1. The second-order valence-corrected chi connectivity index (χ2v) is 6.28. The number of benzene rings is 1. The average molecular weight is 370 g/mol. The van der Waals surface area contributed by atoms with Crippen molar-refractivity contribution in [2.45, 2.75) is 12.5 Å². The van der Waals surface area contributed by atoms with Crippen LogP contribution in [-0.4, -0.2) is 66.9 Å². The minimum atomic E-state index is -0.165. The fourth-order valence-corrected chi connectivity index (χ4v) is 3.01. The molecule has 8 heteroatoms. The zero-order valence-electron chi connectivity index (χ0n) is 15.3. The third-order valence-corrected chi connectivity index (χ3v) is 4.39. The number of hydrogen-bond acceptors (Lipinski definition) is 6. The average Bonchev–Trinajstić information content (AvgIpc) is 3.16. The van der Waals surface area contributed by atoms with Gasteiger partial charge in [0, 0.05) is 43.4 Å². The van der Waals surface area contributed by atoms with E-state index in [1.165, 1.54) is 14.2 Å². The van der Waals surface area contributed by atoms with Crippen LogP contribution in [-0.2, 0) is 9.53 Å². The van der Waals surface area contributed by atoms with Crippen molar-refractivity contribution in [3.63, 3.8) is 0 Å². The van der Waals surface area contributed by atoms with Crippen LogP contribution in [0.4, 0.5) is 0 Å². The number of hydrogen-bond donors (Lipinski definition) is 1. The number of nitrogens with one attached hydrogen (secondary N) is 1. The van der Waals surface area contributed by atoms with Gasteiger partial charge in [0.05, 0.1) is 12.8 Å². The molecule has 2 heterocycles. The molecule has 1 aliphatic heterocycles. The first kappa shape index (κ1) is 18.8. The molecule has 0 aliphatic carbocycles. The molecule has 1 unspecified atom stereocenters. The van der Waals surface area contributed by atoms with Gasteiger partial charge in [0.25, 0.3) is 5.91 Å². The Hall–Kier alpha value is -3.00. The normalized spacial score (nSPS) is 16.2. The van der Waals surface area contributed by atoms with E-state index in [0.717, 1.165) is 12.0 Å². The molecule has 1 fully saturated rings. The Kier molecular flexibility index (Phi) is 5.97. The van der Waals surface area contributed by atoms with Gasteiger partial charge in [0.15, 0.2) is 0 Å². The summed E-state index contributed by atoms with van der Waals surface area (Å²) in [6.07, 6.45) is 0.737. The van der Waals surface area contributed by atoms with Gasteiger partial charge in [-0.15, -0.1) is 10.2 Å². The van der Waals surface area contributed by atoms with Gasteiger partial charge in [-0.3, -0.25) is 9.59 Å². The zero-order valence-corrected chi connectivity index (χ0v) is 15.3. The quantitative estimate of drug-likeness (QED) is 0.819. The van der Waals surface area contributed by atoms with Gasteiger partial charge in [-0.1, -0.05) is 12.1 Å². The van der Waals surface area contributed by atoms with Gasteiger partial charge < -0.3 is 19.7 Å². The highest BCUT2D eigenvalue weighted by Crippen LogP contribution is 2.20. The van der Waals surface area contributed by atoms with Crippen molar-refractivity contribution in [2.75, 3.05) is 33.9 Å². The number of carbonyl (C=O) groups excluding carboxylic acids is 2. The third-order valence-electron chi connectivity index (χ3n) is 4.39. The van der Waals surface area contributed by atoms with Crippen molar-refractivity contribution >= 4 is 11.8 Å². The molecule has 0 radical (unpaired) electrons. The van der Waals surface area contributed by atoms with Crippen LogP contribution in [0, 0.1) is 0 Å². The molecule has 1 aromatic heterocycles. The number of rotatable bonds is 6. The lowest BCUT2D eigenvalue weighted by Crippen LogP contribution is -2.40. The first-order chi connectivity index (χ1) is 13.1. The monoisotopic (exact) mass is 370 g/mol. The highest BCUT2D eigenvalue weighted by Gasteiger charge is 2.27. The van der Waals surface area contributed by atoms with Crippen LogP contribution < -0.4 is 10.1 Å². The molecule has 142 valence electrons. The molecule has 1 aromatic carbocycles. The first-order valence-corrected chi connectivity index (χ1v) is 8.66. The summed E-state index contributed by atoms with van der Waals surface area (Å²) in [6, 6.07) is 10.8. The van der Waals surface area contributed by atoms with Crippen LogP contribution in [0.15, 0.2) is 36.4 Å². The van der Waals surface area contributed by atoms with E-state index in [1.54, 1.807) is 23.1 Å². The summed E-state index contributed by atoms with van der Waals surface area (Å²) in [5.74, 6) is 0.235. The van der Waals surface area contributed by atoms with E-state index in [4.69, 9.17) is 9.47 Å². The van der Waals surface area contributed by atoms with Crippen LogP contribution in [0.25, 0.3) is 11.3 Å². The second-order valence-electron chi connectivity index (χ2n) is 6.28. The molecule has 0 saturated carbocycles. The van der Waals surface area contributed by atoms with Crippen LogP contribution in [0.3, 0.4) is 0 Å². The largest absolute Gasteiger partial charge is 0.480 e. The molecule has 3 rings (SSSR count). The smallest absolute Gasteiger partial charge is 0.253 e. The summed E-state index contributed by atoms with van der Waals surface area (Å²) in [6.45, 7) is 1.14. The number of methoxy groups -OCH3 is 2. The van der Waals surface area contributed by atoms with Crippen LogP contribution >= 0.6 is 0 Å². The Bertz CT molecular complexity index is 792. The van der Waals surface area contributed by atoms with E-state index in [2.05, 4.69) is 15.5 Å². The maximum atomic E-state index is 12.7. The van der Waals surface area contributed by atoms with Crippen molar-refractivity contribution < 1.29 is 19.1 Å². The van der Waals surface area contributed by atoms with Crippen molar-refractivity contribution in [1.29, 1.82) is 0 Å². The number of likely N-dealkylation sites (tertiary alicyclic amines) is 1. The van der Waals surface area contributed by atoms with Crippen molar-refractivity contribution in [1.82, 2.24) is 20.4 Å². The summed E-state index contributed by atoms with van der Waals surface area (Å²) in [4.78, 5) is 26.0. The second kappa shape index (κ2) is 8.59. The molecular weight excluding hydrogens is 348 g/mol. The Morgan fingerprint density at radius 2 is 1.93 bits per heavy atom. The van der Waals surface area contributed by atoms with Crippen molar-refractivity contribution in [3.8, 4) is 17.1 Å². The number of nitrogens with zero attached hydrogens (tertiary/aromatic N) is 3. The molecule has 0 bridgehead atoms. The van der Waals surface area contributed by atoms with Crippen molar-refractivity contribution in [2.24, 2.45) is 0 Å². The molecule has 1 aliphatic rings. The Morgan fingerprint density at radius 3 is 2.56 bits per heavy atom. The SMILES string of the molecule is COCC(=O)NC1CCN(C(=O)c2ccc(-c3ccc(OC)nn3)cc2)C1. The molecule has 2 amide bonds. The van der Waals surface area contributed by atoms with Crippen molar-refractivity contribution in [3.05, 3.63) is 42.0 Å². The number of aromatic nitrogens is 2. The maximum absolute atomic E-state index is 12.7. The van der Waals surface area contributed by atoms with Crippen LogP contribution in [0.1, 0.15) is 16.8 Å². The molecular formula is C19H22N4O4. The molecule has 2 aromatic rings. The maximum Gasteiger partial charge on any atom is 0.253 e. The minimum absolute atomic E-state index is 0.0279. The lowest BCUT2D eigenvalue weighted by molar-refractivity contribution is -0.125. The highest BCUT2D eigenvalue weighted by atomic mass is 16.5. The van der Waals surface area contributed by atoms with E-state index >= 15 is 0 Å². The molecule has 1 atom stereocenters. The number of amides is 2. The molecule has 0 spiro atoms. The molecule has 8 nitrogen and oxygen atoms in total. The Balaban J connectivity index is 1.61. The predicted molar refractivity (Wildman–Crippen MR) is 98.3 cm³/mol. The molecule has 27 heavy (non-hydrogen) atoms. The Labute approximate surface area is 157 Å². The van der Waals surface area contributed by atoms with Gasteiger partial charge in [-0.25, -0.2) is 0 Å². The van der Waals surface area contributed by atoms with Crippen LogP contribution in [0.5, 0.6) is 5.88 Å². The minimum Gasteiger partial charge on any atom is -0.480 e. The van der Waals surface area contributed by atoms with E-state index < -0.39 is 0 Å². The van der Waals surface area contributed by atoms with E-state index in [-0.39, 0.29) is 24.5 Å². The van der Waals surface area contributed by atoms with E-state index in [0.29, 0.717) is 30.2 Å². The van der Waals surface area contributed by atoms with Gasteiger partial charge in [-0.05, 0) is 24.6 Å². The van der Waals surface area contributed by atoms with E-state index in [9.17, 15) is 9.59 Å². The fourth-order valence-electron chi connectivity index (χ4n) is 3.01. The Morgan fingerprint density at radius 1 is 1.15 bits per heavy atom. The van der Waals surface area contributed by atoms with Gasteiger partial charge >= 0.3 is 0 Å². The first-order valence-electron chi connectivity index (χ1n) is 8.66. The highest BCUT2D eigenvalue weighted by molar-refractivity contribution is 5.95. The predicted octanol–water partition coefficient (Wildman–Crippen LogP) is 1.13.